The quantitative estimate of drug-likeness (QED) is 0.210. The largest absolute Gasteiger partial charge is 0.371 e. The average Bonchev–Trinajstić information content (AvgIpc) is 3.66. The number of rotatable bonds is 4. The van der Waals surface area contributed by atoms with Crippen molar-refractivity contribution in [2.24, 2.45) is 4.99 Å². The van der Waals surface area contributed by atoms with Crippen LogP contribution in [0.25, 0.3) is 55.0 Å². The van der Waals surface area contributed by atoms with Crippen LogP contribution in [0.5, 0.6) is 0 Å². The van der Waals surface area contributed by atoms with Crippen molar-refractivity contribution in [3.05, 3.63) is 169 Å². The highest BCUT2D eigenvalue weighted by atomic mass is 15.0. The number of para-hydroxylation sites is 4. The Kier molecular flexibility index (Phi) is 6.03. The molecule has 6 aromatic carbocycles. The number of hydrogen-bond acceptors (Lipinski definition) is 2. The molecule has 228 valence electrons. The van der Waals surface area contributed by atoms with Crippen LogP contribution in [0.3, 0.4) is 0 Å². The molecule has 1 N–H and O–H groups in total. The van der Waals surface area contributed by atoms with E-state index in [1.54, 1.807) is 0 Å². The lowest BCUT2D eigenvalue weighted by molar-refractivity contribution is 1.01. The lowest BCUT2D eigenvalue weighted by Gasteiger charge is -2.28. The predicted molar refractivity (Wildman–Crippen MR) is 202 cm³/mol. The van der Waals surface area contributed by atoms with Crippen LogP contribution in [0, 0.1) is 0 Å². The van der Waals surface area contributed by atoms with Crippen molar-refractivity contribution < 1.29 is 0 Å². The van der Waals surface area contributed by atoms with Crippen molar-refractivity contribution >= 4 is 66.4 Å². The molecule has 10 rings (SSSR count). The first-order valence-electron chi connectivity index (χ1n) is 16.8. The number of fused-ring (bicyclic) bond motifs is 7. The molecule has 48 heavy (non-hydrogen) atoms. The van der Waals surface area contributed by atoms with Gasteiger partial charge in [0.05, 0.1) is 45.2 Å². The highest BCUT2D eigenvalue weighted by Crippen LogP contribution is 2.41. The maximum Gasteiger partial charge on any atom is 0.0947 e. The first kappa shape index (κ1) is 27.0. The number of aliphatic imine (C=N–C) groups is 1. The summed E-state index contributed by atoms with van der Waals surface area (Å²) in [5.41, 5.74) is 12.6. The van der Waals surface area contributed by atoms with E-state index in [9.17, 15) is 0 Å². The fourth-order valence-electron chi connectivity index (χ4n) is 7.76. The first-order chi connectivity index (χ1) is 23.8. The van der Waals surface area contributed by atoms with E-state index in [1.165, 1.54) is 54.9 Å². The smallest absolute Gasteiger partial charge is 0.0947 e. The summed E-state index contributed by atoms with van der Waals surface area (Å²) in [5.74, 6) is 0. The highest BCUT2D eigenvalue weighted by Gasteiger charge is 2.26. The summed E-state index contributed by atoms with van der Waals surface area (Å²) >= 11 is 0. The number of allylic oxidation sites excluding steroid dienone is 4. The Bertz CT molecular complexity index is 2630. The fraction of sp³-hybridized carbons (Fsp3) is 0.0682. The summed E-state index contributed by atoms with van der Waals surface area (Å²) in [7, 11) is 0. The zero-order valence-electron chi connectivity index (χ0n) is 26.3. The SMILES string of the molecule is C1=CC(n2c3ccccc3c3cc4c5ccccc5n(-c5ccc(C6Nc7ccccc7N=C6c6ccccc6)cc5)c4cc32)=CCC1. The normalized spacial score (nSPS) is 15.9. The Morgan fingerprint density at radius 3 is 1.98 bits per heavy atom. The molecule has 0 saturated carbocycles. The molecule has 1 atom stereocenters. The molecule has 1 unspecified atom stereocenters. The van der Waals surface area contributed by atoms with Gasteiger partial charge in [0.2, 0.25) is 0 Å². The van der Waals surface area contributed by atoms with Gasteiger partial charge in [-0.1, -0.05) is 103 Å². The Morgan fingerprint density at radius 2 is 1.23 bits per heavy atom. The van der Waals surface area contributed by atoms with E-state index in [-0.39, 0.29) is 6.04 Å². The van der Waals surface area contributed by atoms with Gasteiger partial charge in [-0.15, -0.1) is 0 Å². The Balaban J connectivity index is 1.16. The van der Waals surface area contributed by atoms with Gasteiger partial charge in [0.1, 0.15) is 0 Å². The molecule has 0 amide bonds. The van der Waals surface area contributed by atoms with Gasteiger partial charge in [-0.3, -0.25) is 0 Å². The summed E-state index contributed by atoms with van der Waals surface area (Å²) in [4.78, 5) is 5.16. The molecular weight excluding hydrogens is 585 g/mol. The molecule has 1 aliphatic heterocycles. The molecule has 0 fully saturated rings. The van der Waals surface area contributed by atoms with Crippen molar-refractivity contribution in [2.75, 3.05) is 5.32 Å². The van der Waals surface area contributed by atoms with Gasteiger partial charge in [0.25, 0.3) is 0 Å². The van der Waals surface area contributed by atoms with Crippen LogP contribution >= 0.6 is 0 Å². The highest BCUT2D eigenvalue weighted by molar-refractivity contribution is 6.19. The minimum absolute atomic E-state index is 0.0679. The van der Waals surface area contributed by atoms with Crippen LogP contribution in [-0.4, -0.2) is 14.8 Å². The summed E-state index contributed by atoms with van der Waals surface area (Å²) in [5, 5.41) is 8.89. The van der Waals surface area contributed by atoms with Crippen molar-refractivity contribution in [1.82, 2.24) is 9.13 Å². The van der Waals surface area contributed by atoms with E-state index in [2.05, 4.69) is 166 Å². The van der Waals surface area contributed by atoms with Gasteiger partial charge < -0.3 is 14.5 Å². The zero-order chi connectivity index (χ0) is 31.6. The number of benzene rings is 6. The van der Waals surface area contributed by atoms with Gasteiger partial charge in [-0.05, 0) is 78.6 Å². The predicted octanol–water partition coefficient (Wildman–Crippen LogP) is 11.4. The lowest BCUT2D eigenvalue weighted by Crippen LogP contribution is -2.24. The second-order valence-electron chi connectivity index (χ2n) is 12.7. The van der Waals surface area contributed by atoms with Crippen LogP contribution in [0.2, 0.25) is 0 Å². The molecule has 2 aromatic heterocycles. The Hall–Kier alpha value is -6.13. The Morgan fingerprint density at radius 1 is 0.562 bits per heavy atom. The molecule has 8 aromatic rings. The van der Waals surface area contributed by atoms with E-state index < -0.39 is 0 Å². The van der Waals surface area contributed by atoms with Crippen molar-refractivity contribution in [2.45, 2.75) is 18.9 Å². The zero-order valence-corrected chi connectivity index (χ0v) is 26.3. The summed E-state index contributed by atoms with van der Waals surface area (Å²) in [6.07, 6.45) is 9.10. The summed E-state index contributed by atoms with van der Waals surface area (Å²) in [6, 6.07) is 50.2. The van der Waals surface area contributed by atoms with Gasteiger partial charge in [-0.2, -0.15) is 0 Å². The summed E-state index contributed by atoms with van der Waals surface area (Å²) in [6.45, 7) is 0. The van der Waals surface area contributed by atoms with Gasteiger partial charge in [-0.25, -0.2) is 4.99 Å². The molecule has 3 heterocycles. The van der Waals surface area contributed by atoms with Crippen LogP contribution in [-0.2, 0) is 0 Å². The fourth-order valence-corrected chi connectivity index (χ4v) is 7.76. The minimum Gasteiger partial charge on any atom is -0.371 e. The number of hydrogen-bond donors (Lipinski definition) is 1. The van der Waals surface area contributed by atoms with E-state index in [4.69, 9.17) is 4.99 Å². The third-order valence-corrected chi connectivity index (χ3v) is 9.97. The molecular formula is C44H32N4. The van der Waals surface area contributed by atoms with Gasteiger partial charge in [0, 0.05) is 32.9 Å². The average molecular weight is 617 g/mol. The molecule has 4 nitrogen and oxygen atoms in total. The standard InChI is InChI=1S/C44H32N4/c1-3-13-29(14-4-1)43-44(46-38-20-10-9-19-37(38)45-43)30-23-25-32(26-24-30)48-40-22-12-8-18-34(40)36-27-35-33-17-7-11-21-39(33)47(41(35)28-42(36)48)31-15-5-2-6-16-31/h1,3-5,7-28,44,46H,2,6H2. The second kappa shape index (κ2) is 10.7. The number of nitrogens with one attached hydrogen (secondary N) is 1. The van der Waals surface area contributed by atoms with Crippen molar-refractivity contribution in [3.63, 3.8) is 0 Å². The summed E-state index contributed by atoms with van der Waals surface area (Å²) < 4.78 is 4.87. The maximum atomic E-state index is 5.16. The first-order valence-corrected chi connectivity index (χ1v) is 16.8. The Labute approximate surface area is 278 Å². The van der Waals surface area contributed by atoms with E-state index >= 15 is 0 Å². The van der Waals surface area contributed by atoms with Gasteiger partial charge in [0.15, 0.2) is 0 Å². The van der Waals surface area contributed by atoms with Crippen molar-refractivity contribution in [3.8, 4) is 5.69 Å². The number of anilines is 1. The van der Waals surface area contributed by atoms with E-state index in [0.717, 1.165) is 41.2 Å². The minimum atomic E-state index is -0.0679. The molecule has 1 aliphatic carbocycles. The monoisotopic (exact) mass is 616 g/mol. The van der Waals surface area contributed by atoms with Gasteiger partial charge >= 0.3 is 0 Å². The molecule has 0 radical (unpaired) electrons. The topological polar surface area (TPSA) is 34.2 Å². The van der Waals surface area contributed by atoms with Crippen LogP contribution in [0.15, 0.2) is 163 Å². The maximum absolute atomic E-state index is 5.16. The number of aromatic nitrogens is 2. The van der Waals surface area contributed by atoms with Crippen molar-refractivity contribution in [1.29, 1.82) is 0 Å². The molecule has 0 bridgehead atoms. The van der Waals surface area contributed by atoms with E-state index in [0.29, 0.717) is 0 Å². The molecule has 4 heteroatoms. The number of nitrogens with zero attached hydrogens (tertiary/aromatic N) is 3. The molecule has 2 aliphatic rings. The van der Waals surface area contributed by atoms with Crippen LogP contribution in [0.4, 0.5) is 11.4 Å². The van der Waals surface area contributed by atoms with E-state index in [1.807, 2.05) is 6.07 Å². The molecule has 0 spiro atoms. The van der Waals surface area contributed by atoms with Crippen LogP contribution < -0.4 is 5.32 Å². The third kappa shape index (κ3) is 4.12. The molecule has 0 saturated heterocycles. The van der Waals surface area contributed by atoms with Crippen LogP contribution in [0.1, 0.15) is 30.0 Å². The second-order valence-corrected chi connectivity index (χ2v) is 12.7. The lowest BCUT2D eigenvalue weighted by atomic mass is 9.94. The third-order valence-electron chi connectivity index (χ3n) is 9.97.